The van der Waals surface area contributed by atoms with Gasteiger partial charge in [0.2, 0.25) is 12.7 Å². The third-order valence-corrected chi connectivity index (χ3v) is 9.46. The first-order valence-corrected chi connectivity index (χ1v) is 13.7. The minimum atomic E-state index is -0.483. The average Bonchev–Trinajstić information content (AvgIpc) is 3.39. The molecule has 5 atom stereocenters. The van der Waals surface area contributed by atoms with Gasteiger partial charge in [-0.05, 0) is 57.4 Å². The summed E-state index contributed by atoms with van der Waals surface area (Å²) in [6.07, 6.45) is 1.09. The number of nitrogens with one attached hydrogen (secondary N) is 1. The fourth-order valence-electron chi connectivity index (χ4n) is 7.31. The van der Waals surface area contributed by atoms with Crippen molar-refractivity contribution in [2.75, 3.05) is 20.4 Å². The first-order valence-electron chi connectivity index (χ1n) is 13.7. The Morgan fingerprint density at radius 1 is 1.10 bits per heavy atom. The predicted octanol–water partition coefficient (Wildman–Crippen LogP) is 3.30. The van der Waals surface area contributed by atoms with Crippen LogP contribution in [0, 0.1) is 38.0 Å². The number of carbonyl (C=O) groups excluding carboxylic acids is 1. The molecule has 9 nitrogen and oxygen atoms in total. The molecular weight excluding hydrogens is 496 g/mol. The van der Waals surface area contributed by atoms with E-state index in [1.807, 2.05) is 41.7 Å². The summed E-state index contributed by atoms with van der Waals surface area (Å²) in [5.41, 5.74) is 6.01. The number of aromatic hydroxyl groups is 2. The molecule has 0 radical (unpaired) electrons. The number of aryl methyl sites for hydroxylation is 1. The zero-order chi connectivity index (χ0) is 27.9. The lowest BCUT2D eigenvalue weighted by molar-refractivity contribution is -0.125. The molecule has 6 rings (SSSR count). The van der Waals surface area contributed by atoms with E-state index in [0.717, 1.165) is 33.4 Å². The second kappa shape index (κ2) is 9.04. The van der Waals surface area contributed by atoms with E-state index < -0.39 is 12.1 Å². The highest BCUT2D eigenvalue weighted by atomic mass is 16.7. The largest absolute Gasteiger partial charge is 0.507 e. The minimum absolute atomic E-state index is 0.0517. The molecule has 1 unspecified atom stereocenters. The second-order valence-corrected chi connectivity index (χ2v) is 11.8. The first kappa shape index (κ1) is 25.8. The molecule has 3 N–H and O–H groups in total. The van der Waals surface area contributed by atoms with E-state index in [1.165, 1.54) is 0 Å². The zero-order valence-electron chi connectivity index (χ0n) is 23.3. The van der Waals surface area contributed by atoms with Crippen molar-refractivity contribution in [1.82, 2.24) is 15.1 Å². The van der Waals surface area contributed by atoms with Crippen LogP contribution in [-0.4, -0.2) is 64.4 Å². The van der Waals surface area contributed by atoms with E-state index >= 15 is 0 Å². The number of phenols is 2. The summed E-state index contributed by atoms with van der Waals surface area (Å²) in [5.74, 6) is 1.28. The number of likely N-dealkylation sites (N-methyl/N-ethyl adjacent to an activating group) is 1. The molecule has 4 aliphatic heterocycles. The summed E-state index contributed by atoms with van der Waals surface area (Å²) in [6, 6.07) is 3.29. The molecule has 206 valence electrons. The molecule has 4 aliphatic rings. The molecule has 0 saturated carbocycles. The Bertz CT molecular complexity index is 1430. The zero-order valence-corrected chi connectivity index (χ0v) is 23.3. The molecule has 1 saturated heterocycles. The van der Waals surface area contributed by atoms with Crippen LogP contribution in [0.4, 0.5) is 0 Å². The van der Waals surface area contributed by atoms with Crippen LogP contribution < -0.4 is 14.8 Å². The van der Waals surface area contributed by atoms with Crippen LogP contribution in [0.15, 0.2) is 6.07 Å². The van der Waals surface area contributed by atoms with Crippen molar-refractivity contribution in [2.45, 2.75) is 77.7 Å². The lowest BCUT2D eigenvalue weighted by atomic mass is 9.71. The highest BCUT2D eigenvalue weighted by Crippen LogP contribution is 2.57. The lowest BCUT2D eigenvalue weighted by Crippen LogP contribution is -2.68. The van der Waals surface area contributed by atoms with Crippen LogP contribution in [0.5, 0.6) is 23.0 Å². The van der Waals surface area contributed by atoms with Gasteiger partial charge in [0.25, 0.3) is 0 Å². The number of fused-ring (bicyclic) bond motifs is 9. The normalized spacial score (nSPS) is 27.0. The fraction of sp³-hybridized carbons (Fsp3) is 0.533. The van der Waals surface area contributed by atoms with Crippen molar-refractivity contribution in [1.29, 1.82) is 5.26 Å². The monoisotopic (exact) mass is 532 g/mol. The number of nitriles is 1. The second-order valence-electron chi connectivity index (χ2n) is 11.8. The molecule has 4 heterocycles. The van der Waals surface area contributed by atoms with E-state index in [4.69, 9.17) is 9.47 Å². The molecule has 9 heteroatoms. The van der Waals surface area contributed by atoms with E-state index in [9.17, 15) is 20.3 Å². The van der Waals surface area contributed by atoms with Crippen LogP contribution in [0.2, 0.25) is 0 Å². The number of amides is 1. The quantitative estimate of drug-likeness (QED) is 0.551. The van der Waals surface area contributed by atoms with E-state index in [-0.39, 0.29) is 49.0 Å². The Morgan fingerprint density at radius 3 is 2.51 bits per heavy atom. The van der Waals surface area contributed by atoms with Crippen molar-refractivity contribution in [3.63, 3.8) is 0 Å². The van der Waals surface area contributed by atoms with Gasteiger partial charge in [-0.2, -0.15) is 5.26 Å². The Labute approximate surface area is 228 Å². The molecular formula is C30H36N4O5. The molecule has 39 heavy (non-hydrogen) atoms. The van der Waals surface area contributed by atoms with Crippen LogP contribution in [0.25, 0.3) is 0 Å². The van der Waals surface area contributed by atoms with Gasteiger partial charge >= 0.3 is 0 Å². The van der Waals surface area contributed by atoms with E-state index in [1.54, 1.807) is 0 Å². The topological polar surface area (TPSA) is 118 Å². The molecule has 2 aromatic rings. The highest BCUT2D eigenvalue weighted by molar-refractivity contribution is 5.78. The molecule has 0 aromatic heterocycles. The van der Waals surface area contributed by atoms with Gasteiger partial charge in [0.05, 0.1) is 18.2 Å². The fourth-order valence-corrected chi connectivity index (χ4v) is 7.31. The lowest BCUT2D eigenvalue weighted by Gasteiger charge is -2.60. The van der Waals surface area contributed by atoms with Gasteiger partial charge < -0.3 is 25.0 Å². The van der Waals surface area contributed by atoms with Crippen LogP contribution >= 0.6 is 0 Å². The molecule has 2 aromatic carbocycles. The van der Waals surface area contributed by atoms with Crippen LogP contribution in [0.3, 0.4) is 0 Å². The SMILES string of the molecule is Cc1cc2c(c(O)c1C)[C@H]1C3Cc4c(O)c(C)c5c(c4[C@H](CNC(=O)C(C)C)N3[C@@H](C#N)[C@@H](C2)N1C)OCO5. The summed E-state index contributed by atoms with van der Waals surface area (Å²) in [4.78, 5) is 17.2. The third kappa shape index (κ3) is 3.54. The van der Waals surface area contributed by atoms with Crippen molar-refractivity contribution in [2.24, 2.45) is 5.92 Å². The molecule has 1 amide bonds. The molecule has 0 spiro atoms. The molecule has 2 bridgehead atoms. The maximum absolute atomic E-state index is 12.7. The van der Waals surface area contributed by atoms with E-state index in [0.29, 0.717) is 35.7 Å². The van der Waals surface area contributed by atoms with E-state index in [2.05, 4.69) is 27.3 Å². The molecule has 0 aliphatic carbocycles. The maximum atomic E-state index is 12.7. The van der Waals surface area contributed by atoms with Gasteiger partial charge in [-0.15, -0.1) is 0 Å². The standard InChI is InChI=1S/C30H36N4O5/c1-13(2)30(37)32-11-22-24-18(26(35)16(5)28-29(24)39-12-38-28)9-20-25-23-17(7-14(3)15(4)27(23)36)8-19(33(25)6)21(10-31)34(20)22/h7,13,19-22,25,35-36H,8-9,11-12H2,1-6H3,(H,32,37)/t19-,20?,21+,22+,25-/m1/s1. The van der Waals surface area contributed by atoms with Crippen LogP contribution in [0.1, 0.15) is 64.9 Å². The number of ether oxygens (including phenoxy) is 2. The van der Waals surface area contributed by atoms with Crippen LogP contribution in [-0.2, 0) is 17.6 Å². The predicted molar refractivity (Wildman–Crippen MR) is 144 cm³/mol. The number of nitrogens with zero attached hydrogens (tertiary/aromatic N) is 3. The summed E-state index contributed by atoms with van der Waals surface area (Å²) in [7, 11) is 2.03. The number of hydrogen-bond donors (Lipinski definition) is 3. The van der Waals surface area contributed by atoms with Gasteiger partial charge in [-0.3, -0.25) is 14.6 Å². The van der Waals surface area contributed by atoms with Crippen molar-refractivity contribution >= 4 is 5.91 Å². The first-order chi connectivity index (χ1) is 18.6. The number of benzene rings is 2. The number of rotatable bonds is 3. The Morgan fingerprint density at radius 2 is 1.82 bits per heavy atom. The number of carbonyl (C=O) groups is 1. The van der Waals surface area contributed by atoms with Gasteiger partial charge in [0.1, 0.15) is 17.5 Å². The summed E-state index contributed by atoms with van der Waals surface area (Å²) < 4.78 is 11.7. The average molecular weight is 533 g/mol. The van der Waals surface area contributed by atoms with Crippen molar-refractivity contribution in [3.8, 4) is 29.1 Å². The number of phenolic OH excluding ortho intramolecular Hbond substituents is 2. The van der Waals surface area contributed by atoms with Gasteiger partial charge in [0.15, 0.2) is 11.5 Å². The Kier molecular flexibility index (Phi) is 5.97. The summed E-state index contributed by atoms with van der Waals surface area (Å²) in [5, 5.41) is 36.6. The van der Waals surface area contributed by atoms with Gasteiger partial charge in [-0.25, -0.2) is 0 Å². The minimum Gasteiger partial charge on any atom is -0.507 e. The van der Waals surface area contributed by atoms with Gasteiger partial charge in [0, 0.05) is 46.8 Å². The smallest absolute Gasteiger partial charge is 0.231 e. The van der Waals surface area contributed by atoms with Gasteiger partial charge in [-0.1, -0.05) is 19.9 Å². The Balaban J connectivity index is 1.58. The highest BCUT2D eigenvalue weighted by Gasteiger charge is 2.56. The summed E-state index contributed by atoms with van der Waals surface area (Å²) >= 11 is 0. The number of hydrogen-bond acceptors (Lipinski definition) is 8. The van der Waals surface area contributed by atoms with Crippen molar-refractivity contribution < 1.29 is 24.5 Å². The number of piperazine rings is 1. The third-order valence-electron chi connectivity index (χ3n) is 9.46. The van der Waals surface area contributed by atoms with Crippen molar-refractivity contribution in [3.05, 3.63) is 45.0 Å². The summed E-state index contributed by atoms with van der Waals surface area (Å²) in [6.45, 7) is 9.76. The Hall–Kier alpha value is -3.48. The maximum Gasteiger partial charge on any atom is 0.231 e. The molecule has 1 fully saturated rings.